The van der Waals surface area contributed by atoms with Gasteiger partial charge in [-0.2, -0.15) is 0 Å². The van der Waals surface area contributed by atoms with Crippen molar-refractivity contribution in [3.05, 3.63) is 29.6 Å². The minimum absolute atomic E-state index is 0. The predicted molar refractivity (Wildman–Crippen MR) is 46.7 cm³/mol. The average molecular weight is 171 g/mol. The molecule has 3 heteroatoms. The summed E-state index contributed by atoms with van der Waals surface area (Å²) in [5, 5.41) is 0. The van der Waals surface area contributed by atoms with Gasteiger partial charge in [-0.1, -0.05) is 6.07 Å². The van der Waals surface area contributed by atoms with Crippen LogP contribution in [-0.2, 0) is 6.42 Å². The van der Waals surface area contributed by atoms with Gasteiger partial charge in [0.25, 0.3) is 0 Å². The molecule has 0 fully saturated rings. The number of aryl methyl sites for hydroxylation is 1. The zero-order valence-corrected chi connectivity index (χ0v) is 6.97. The average Bonchev–Trinajstić information content (AvgIpc) is 2.34. The topological polar surface area (TPSA) is 38.9 Å². The summed E-state index contributed by atoms with van der Waals surface area (Å²) in [6, 6.07) is 4.26. The molecule has 1 aromatic heterocycles. The Balaban J connectivity index is 0.000000605. The highest BCUT2D eigenvalue weighted by Gasteiger charge is 2.18. The van der Waals surface area contributed by atoms with Gasteiger partial charge in [0.2, 0.25) is 0 Å². The minimum Gasteiger partial charge on any atom is -0.324 e. The van der Waals surface area contributed by atoms with Gasteiger partial charge in [-0.05, 0) is 24.5 Å². The molecule has 0 aliphatic heterocycles. The van der Waals surface area contributed by atoms with Crippen molar-refractivity contribution in [3.8, 4) is 0 Å². The summed E-state index contributed by atoms with van der Waals surface area (Å²) in [6.45, 7) is 0. The Labute approximate surface area is 72.2 Å². The molecule has 2 N–H and O–H groups in total. The quantitative estimate of drug-likeness (QED) is 0.640. The minimum atomic E-state index is 0. The second-order valence-corrected chi connectivity index (χ2v) is 2.68. The van der Waals surface area contributed by atoms with Crippen molar-refractivity contribution >= 4 is 12.4 Å². The van der Waals surface area contributed by atoms with Crippen molar-refractivity contribution in [2.45, 2.75) is 18.9 Å². The van der Waals surface area contributed by atoms with Crippen LogP contribution in [-0.4, -0.2) is 4.98 Å². The second kappa shape index (κ2) is 3.20. The van der Waals surface area contributed by atoms with Gasteiger partial charge in [-0.3, -0.25) is 4.98 Å². The van der Waals surface area contributed by atoms with E-state index in [1.807, 2.05) is 12.3 Å². The van der Waals surface area contributed by atoms with E-state index in [2.05, 4.69) is 11.1 Å². The smallest absolute Gasteiger partial charge is 0.0451 e. The largest absolute Gasteiger partial charge is 0.324 e. The maximum atomic E-state index is 5.81. The van der Waals surface area contributed by atoms with Gasteiger partial charge in [-0.25, -0.2) is 0 Å². The first-order chi connectivity index (χ1) is 4.88. The lowest BCUT2D eigenvalue weighted by Crippen LogP contribution is -2.04. The summed E-state index contributed by atoms with van der Waals surface area (Å²) in [5.74, 6) is 0. The number of hydrogen-bond donors (Lipinski definition) is 1. The molecule has 11 heavy (non-hydrogen) atoms. The fourth-order valence-corrected chi connectivity index (χ4v) is 1.44. The van der Waals surface area contributed by atoms with Crippen LogP contribution >= 0.6 is 12.4 Å². The summed E-state index contributed by atoms with van der Waals surface area (Å²) in [7, 11) is 0. The van der Waals surface area contributed by atoms with Crippen molar-refractivity contribution in [1.29, 1.82) is 0 Å². The number of aromatic nitrogens is 1. The van der Waals surface area contributed by atoms with Crippen LogP contribution in [0.5, 0.6) is 0 Å². The number of nitrogens with two attached hydrogens (primary N) is 1. The number of hydrogen-bond acceptors (Lipinski definition) is 2. The first kappa shape index (κ1) is 8.50. The summed E-state index contributed by atoms with van der Waals surface area (Å²) in [4.78, 5) is 4.23. The lowest BCUT2D eigenvalue weighted by Gasteiger charge is -2.00. The van der Waals surface area contributed by atoms with Gasteiger partial charge >= 0.3 is 0 Å². The zero-order valence-electron chi connectivity index (χ0n) is 6.16. The first-order valence-corrected chi connectivity index (χ1v) is 3.57. The zero-order chi connectivity index (χ0) is 6.97. The maximum Gasteiger partial charge on any atom is 0.0451 e. The number of halogens is 1. The van der Waals surface area contributed by atoms with Crippen molar-refractivity contribution in [1.82, 2.24) is 4.98 Å². The highest BCUT2D eigenvalue weighted by atomic mass is 35.5. The van der Waals surface area contributed by atoms with Gasteiger partial charge in [0, 0.05) is 17.9 Å². The van der Waals surface area contributed by atoms with Crippen LogP contribution in [0.1, 0.15) is 23.7 Å². The lowest BCUT2D eigenvalue weighted by molar-refractivity contribution is 0.712. The summed E-state index contributed by atoms with van der Waals surface area (Å²) in [6.07, 6.45) is 3.94. The van der Waals surface area contributed by atoms with Gasteiger partial charge in [0.05, 0.1) is 0 Å². The Morgan fingerprint density at radius 1 is 1.55 bits per heavy atom. The molecule has 1 aliphatic rings. The van der Waals surface area contributed by atoms with E-state index >= 15 is 0 Å². The summed E-state index contributed by atoms with van der Waals surface area (Å²) in [5.41, 5.74) is 8.23. The highest BCUT2D eigenvalue weighted by Crippen LogP contribution is 2.26. The normalized spacial score (nSPS) is 20.6. The van der Waals surface area contributed by atoms with E-state index in [4.69, 9.17) is 5.73 Å². The third-order valence-electron chi connectivity index (χ3n) is 2.02. The fraction of sp³-hybridized carbons (Fsp3) is 0.375. The third-order valence-corrected chi connectivity index (χ3v) is 2.02. The second-order valence-electron chi connectivity index (χ2n) is 2.68. The van der Waals surface area contributed by atoms with E-state index in [-0.39, 0.29) is 18.4 Å². The van der Waals surface area contributed by atoms with E-state index in [0.717, 1.165) is 12.8 Å². The Morgan fingerprint density at radius 2 is 2.36 bits per heavy atom. The van der Waals surface area contributed by atoms with Crippen molar-refractivity contribution in [2.24, 2.45) is 5.73 Å². The Morgan fingerprint density at radius 3 is 3.09 bits per heavy atom. The van der Waals surface area contributed by atoms with Crippen LogP contribution in [0, 0.1) is 0 Å². The summed E-state index contributed by atoms with van der Waals surface area (Å²) < 4.78 is 0. The number of pyridine rings is 1. The Hall–Kier alpha value is -0.600. The monoisotopic (exact) mass is 170 g/mol. The molecule has 0 amide bonds. The molecular weight excluding hydrogens is 160 g/mol. The van der Waals surface area contributed by atoms with Crippen LogP contribution in [0.3, 0.4) is 0 Å². The molecule has 1 atom stereocenters. The Kier molecular flexibility index (Phi) is 2.47. The van der Waals surface area contributed by atoms with E-state index in [1.165, 1.54) is 11.3 Å². The van der Waals surface area contributed by atoms with E-state index in [9.17, 15) is 0 Å². The van der Waals surface area contributed by atoms with E-state index < -0.39 is 0 Å². The molecule has 0 saturated carbocycles. The van der Waals surface area contributed by atoms with Gasteiger partial charge in [0.15, 0.2) is 0 Å². The van der Waals surface area contributed by atoms with E-state index in [1.54, 1.807) is 0 Å². The maximum absolute atomic E-state index is 5.81. The first-order valence-electron chi connectivity index (χ1n) is 3.57. The van der Waals surface area contributed by atoms with Gasteiger partial charge in [0.1, 0.15) is 0 Å². The Bertz CT molecular complexity index is 250. The SMILES string of the molecule is Cl.NC1CCc2ncccc21. The molecule has 60 valence electrons. The lowest BCUT2D eigenvalue weighted by atomic mass is 10.2. The van der Waals surface area contributed by atoms with Crippen LogP contribution in [0.15, 0.2) is 18.3 Å². The van der Waals surface area contributed by atoms with Crippen molar-refractivity contribution in [3.63, 3.8) is 0 Å². The molecule has 0 spiro atoms. The molecule has 0 aromatic carbocycles. The number of fused-ring (bicyclic) bond motifs is 1. The fourth-order valence-electron chi connectivity index (χ4n) is 1.44. The van der Waals surface area contributed by atoms with Crippen molar-refractivity contribution in [2.75, 3.05) is 0 Å². The molecule has 0 saturated heterocycles. The number of nitrogens with zero attached hydrogens (tertiary/aromatic N) is 1. The van der Waals surface area contributed by atoms with Gasteiger partial charge in [-0.15, -0.1) is 12.4 Å². The van der Waals surface area contributed by atoms with Crippen molar-refractivity contribution < 1.29 is 0 Å². The summed E-state index contributed by atoms with van der Waals surface area (Å²) >= 11 is 0. The molecule has 1 aromatic rings. The van der Waals surface area contributed by atoms with Gasteiger partial charge < -0.3 is 5.73 Å². The standard InChI is InChI=1S/C8H10N2.ClH/c9-7-3-4-8-6(7)2-1-5-10-8;/h1-2,5,7H,3-4,9H2;1H. The molecule has 1 unspecified atom stereocenters. The van der Waals surface area contributed by atoms with E-state index in [0.29, 0.717) is 0 Å². The van der Waals surface area contributed by atoms with Crippen LogP contribution < -0.4 is 5.73 Å². The number of rotatable bonds is 0. The van der Waals surface area contributed by atoms with Crippen LogP contribution in [0.25, 0.3) is 0 Å². The highest BCUT2D eigenvalue weighted by molar-refractivity contribution is 5.85. The molecule has 1 aliphatic carbocycles. The molecule has 0 radical (unpaired) electrons. The molecule has 1 heterocycles. The molecule has 2 nitrogen and oxygen atoms in total. The molecular formula is C8H11ClN2. The third kappa shape index (κ3) is 1.37. The molecule has 0 bridgehead atoms. The predicted octanol–water partition coefficient (Wildman–Crippen LogP) is 1.45. The molecule has 2 rings (SSSR count). The van der Waals surface area contributed by atoms with Crippen LogP contribution in [0.4, 0.5) is 0 Å². The van der Waals surface area contributed by atoms with Crippen LogP contribution in [0.2, 0.25) is 0 Å².